The van der Waals surface area contributed by atoms with Gasteiger partial charge in [-0.05, 0) is 0 Å². The van der Waals surface area contributed by atoms with Crippen molar-refractivity contribution in [3.63, 3.8) is 0 Å². The highest BCUT2D eigenvalue weighted by atomic mass is 15.3. The van der Waals surface area contributed by atoms with Gasteiger partial charge in [0.1, 0.15) is 0 Å². The van der Waals surface area contributed by atoms with Gasteiger partial charge in [-0.3, -0.25) is 0 Å². The Balaban J connectivity index is 3.36. The summed E-state index contributed by atoms with van der Waals surface area (Å²) in [5.74, 6) is 0. The Morgan fingerprint density at radius 3 is 2.36 bits per heavy atom. The molecule has 0 heterocycles. The third-order valence-electron chi connectivity index (χ3n) is 1.27. The number of nitrogens with zero attached hydrogens (tertiary/aromatic N) is 3. The molecule has 0 saturated carbocycles. The first kappa shape index (κ1) is 10.3. The molecular formula is C8H18N3+. The van der Waals surface area contributed by atoms with E-state index >= 15 is 0 Å². The summed E-state index contributed by atoms with van der Waals surface area (Å²) < 4.78 is 0.999. The summed E-state index contributed by atoms with van der Waals surface area (Å²) in [6.07, 6.45) is 1.10. The smallest absolute Gasteiger partial charge is 0.0889 e. The molecule has 0 bridgehead atoms. The van der Waals surface area contributed by atoms with Crippen LogP contribution in [0.5, 0.6) is 0 Å². The summed E-state index contributed by atoms with van der Waals surface area (Å²) in [5, 5.41) is 0. The Morgan fingerprint density at radius 1 is 1.27 bits per heavy atom. The van der Waals surface area contributed by atoms with Gasteiger partial charge >= 0.3 is 0 Å². The minimum atomic E-state index is 0.840. The van der Waals surface area contributed by atoms with Gasteiger partial charge in [0.2, 0.25) is 0 Å². The Bertz CT molecular complexity index is 149. The minimum Gasteiger partial charge on any atom is -0.331 e. The zero-order valence-electron chi connectivity index (χ0n) is 7.96. The minimum absolute atomic E-state index is 0.840. The Labute approximate surface area is 69.1 Å². The van der Waals surface area contributed by atoms with E-state index in [1.807, 2.05) is 0 Å². The lowest BCUT2D eigenvalue weighted by Crippen LogP contribution is -2.35. The summed E-state index contributed by atoms with van der Waals surface area (Å²) in [6, 6.07) is 2.58. The summed E-state index contributed by atoms with van der Waals surface area (Å²) in [5.41, 5.74) is 0. The standard InChI is InChI=1S/C8H18N3/c1-9-8-10-6-5-7-11(2,3)4/h5-7H2,1-4H3/q+1. The molecule has 0 N–H and O–H groups in total. The van der Waals surface area contributed by atoms with Crippen LogP contribution in [0.25, 0.3) is 0 Å². The van der Waals surface area contributed by atoms with Crippen LogP contribution >= 0.6 is 0 Å². The number of hydrogen-bond acceptors (Lipinski definition) is 2. The van der Waals surface area contributed by atoms with E-state index in [1.54, 1.807) is 7.05 Å². The van der Waals surface area contributed by atoms with Gasteiger partial charge in [-0.25, -0.2) is 9.98 Å². The Morgan fingerprint density at radius 2 is 1.91 bits per heavy atom. The maximum atomic E-state index is 3.97. The van der Waals surface area contributed by atoms with Gasteiger partial charge in [0.15, 0.2) is 0 Å². The van der Waals surface area contributed by atoms with Crippen molar-refractivity contribution >= 4 is 6.01 Å². The van der Waals surface area contributed by atoms with Crippen LogP contribution in [0.1, 0.15) is 6.42 Å². The van der Waals surface area contributed by atoms with Crippen LogP contribution in [0.3, 0.4) is 0 Å². The molecule has 64 valence electrons. The SMILES string of the molecule is CN=C=NCCC[N+](C)(C)C. The van der Waals surface area contributed by atoms with Crippen LogP contribution in [-0.4, -0.2) is 51.8 Å². The van der Waals surface area contributed by atoms with Crippen molar-refractivity contribution in [1.29, 1.82) is 0 Å². The molecule has 0 unspecified atom stereocenters. The second-order valence-electron chi connectivity index (χ2n) is 3.57. The Hall–Kier alpha value is -0.660. The van der Waals surface area contributed by atoms with Crippen LogP contribution in [-0.2, 0) is 0 Å². The van der Waals surface area contributed by atoms with E-state index in [2.05, 4.69) is 37.1 Å². The number of hydrogen-bond donors (Lipinski definition) is 0. The van der Waals surface area contributed by atoms with Gasteiger partial charge < -0.3 is 4.48 Å². The summed E-state index contributed by atoms with van der Waals surface area (Å²) >= 11 is 0. The van der Waals surface area contributed by atoms with Crippen LogP contribution in [0.15, 0.2) is 9.98 Å². The van der Waals surface area contributed by atoms with E-state index in [-0.39, 0.29) is 0 Å². The number of rotatable bonds is 4. The lowest BCUT2D eigenvalue weighted by molar-refractivity contribution is -0.870. The molecule has 0 fully saturated rings. The van der Waals surface area contributed by atoms with Gasteiger partial charge in [0, 0.05) is 13.5 Å². The third kappa shape index (κ3) is 9.34. The highest BCUT2D eigenvalue weighted by molar-refractivity contribution is 5.40. The lowest BCUT2D eigenvalue weighted by Gasteiger charge is -2.22. The summed E-state index contributed by atoms with van der Waals surface area (Å²) in [4.78, 5) is 7.61. The quantitative estimate of drug-likeness (QED) is 0.328. The Kier molecular flexibility index (Phi) is 4.75. The van der Waals surface area contributed by atoms with Crippen molar-refractivity contribution in [3.8, 4) is 0 Å². The number of quaternary nitrogens is 1. The molecule has 0 aliphatic carbocycles. The van der Waals surface area contributed by atoms with Crippen LogP contribution in [0.2, 0.25) is 0 Å². The average molecular weight is 156 g/mol. The van der Waals surface area contributed by atoms with Gasteiger partial charge in [0.25, 0.3) is 0 Å². The largest absolute Gasteiger partial charge is 0.331 e. The molecule has 0 rings (SSSR count). The van der Waals surface area contributed by atoms with E-state index in [0.29, 0.717) is 0 Å². The predicted octanol–water partition coefficient (Wildman–Crippen LogP) is 0.886. The zero-order chi connectivity index (χ0) is 8.74. The first-order chi connectivity index (χ1) is 5.06. The second-order valence-corrected chi connectivity index (χ2v) is 3.57. The highest BCUT2D eigenvalue weighted by Crippen LogP contribution is 1.92. The van der Waals surface area contributed by atoms with Gasteiger partial charge in [-0.2, -0.15) is 0 Å². The molecule has 11 heavy (non-hydrogen) atoms. The molecule has 0 amide bonds. The topological polar surface area (TPSA) is 24.7 Å². The van der Waals surface area contributed by atoms with Crippen molar-refractivity contribution in [1.82, 2.24) is 0 Å². The molecule has 0 saturated heterocycles. The van der Waals surface area contributed by atoms with Crippen LogP contribution in [0.4, 0.5) is 0 Å². The van der Waals surface area contributed by atoms with Crippen molar-refractivity contribution in [3.05, 3.63) is 0 Å². The fraction of sp³-hybridized carbons (Fsp3) is 0.875. The second kappa shape index (κ2) is 5.05. The van der Waals surface area contributed by atoms with E-state index < -0.39 is 0 Å². The zero-order valence-corrected chi connectivity index (χ0v) is 7.96. The molecule has 0 spiro atoms. The predicted molar refractivity (Wildman–Crippen MR) is 48.2 cm³/mol. The molecule has 3 nitrogen and oxygen atoms in total. The van der Waals surface area contributed by atoms with Crippen molar-refractivity contribution in [2.45, 2.75) is 6.42 Å². The molecule has 0 aromatic heterocycles. The van der Waals surface area contributed by atoms with E-state index in [4.69, 9.17) is 0 Å². The summed E-state index contributed by atoms with van der Waals surface area (Å²) in [6.45, 7) is 1.99. The van der Waals surface area contributed by atoms with Gasteiger partial charge in [-0.1, -0.05) is 0 Å². The van der Waals surface area contributed by atoms with E-state index in [1.165, 1.54) is 0 Å². The average Bonchev–Trinajstić information content (AvgIpc) is 1.85. The molecule has 0 aromatic rings. The third-order valence-corrected chi connectivity index (χ3v) is 1.27. The van der Waals surface area contributed by atoms with Crippen LogP contribution < -0.4 is 0 Å². The first-order valence-corrected chi connectivity index (χ1v) is 3.87. The lowest BCUT2D eigenvalue weighted by atomic mass is 10.4. The van der Waals surface area contributed by atoms with Crippen molar-refractivity contribution in [2.75, 3.05) is 41.3 Å². The molecule has 0 atom stereocenters. The van der Waals surface area contributed by atoms with Crippen LogP contribution in [0, 0.1) is 0 Å². The van der Waals surface area contributed by atoms with Gasteiger partial charge in [0.05, 0.1) is 40.2 Å². The van der Waals surface area contributed by atoms with E-state index in [0.717, 1.165) is 24.0 Å². The maximum Gasteiger partial charge on any atom is 0.0889 e. The van der Waals surface area contributed by atoms with Gasteiger partial charge in [-0.15, -0.1) is 0 Å². The van der Waals surface area contributed by atoms with Crippen molar-refractivity contribution in [2.24, 2.45) is 9.98 Å². The van der Waals surface area contributed by atoms with E-state index in [9.17, 15) is 0 Å². The monoisotopic (exact) mass is 156 g/mol. The molecule has 0 aliphatic heterocycles. The summed E-state index contributed by atoms with van der Waals surface area (Å²) in [7, 11) is 8.22. The fourth-order valence-corrected chi connectivity index (χ4v) is 0.745. The number of aliphatic imine (C=N–C) groups is 2. The maximum absolute atomic E-state index is 3.97. The normalized spacial score (nSPS) is 10.5. The molecule has 3 heteroatoms. The molecule has 0 aliphatic rings. The molecule has 0 radical (unpaired) electrons. The fourth-order valence-electron chi connectivity index (χ4n) is 0.745. The first-order valence-electron chi connectivity index (χ1n) is 3.87. The molecule has 0 aromatic carbocycles. The highest BCUT2D eigenvalue weighted by Gasteiger charge is 2.04. The van der Waals surface area contributed by atoms with Crippen molar-refractivity contribution < 1.29 is 4.48 Å². The molecular weight excluding hydrogens is 138 g/mol.